The number of nitrogens with two attached hydrogens (primary N) is 1. The van der Waals surface area contributed by atoms with E-state index in [4.69, 9.17) is 5.73 Å². The lowest BCUT2D eigenvalue weighted by Crippen LogP contribution is -2.46. The van der Waals surface area contributed by atoms with Crippen LogP contribution >= 0.6 is 0 Å². The zero-order chi connectivity index (χ0) is 21.9. The summed E-state index contributed by atoms with van der Waals surface area (Å²) in [6, 6.07) is 4.81. The standard InChI is InChI=1S/C21H27F3N4O2/c1-12(19(2)6-7-19)28-10-15-17(20(15,25)11-28)18(30)26-9-16(29)27-14-5-3-4-13(8-14)21(22,23)24/h3-5,8,12,15,17H,6-7,9-11,25H2,1-2H3,(H,26,30)(H,27,29)/t12?,15?,17?,20-/m1/s1. The zero-order valence-electron chi connectivity index (χ0n) is 17.1. The largest absolute Gasteiger partial charge is 0.416 e. The van der Waals surface area contributed by atoms with Gasteiger partial charge in [0.2, 0.25) is 11.8 Å². The lowest BCUT2D eigenvalue weighted by atomic mass is 9.98. The molecule has 2 aliphatic carbocycles. The highest BCUT2D eigenvalue weighted by atomic mass is 19.4. The summed E-state index contributed by atoms with van der Waals surface area (Å²) in [7, 11) is 0. The molecular weight excluding hydrogens is 397 g/mol. The van der Waals surface area contributed by atoms with Crippen LogP contribution in [-0.4, -0.2) is 47.9 Å². The summed E-state index contributed by atoms with van der Waals surface area (Å²) in [4.78, 5) is 26.9. The maximum Gasteiger partial charge on any atom is 0.416 e. The minimum Gasteiger partial charge on any atom is -0.347 e. The summed E-state index contributed by atoms with van der Waals surface area (Å²) in [5.41, 5.74) is 5.45. The van der Waals surface area contributed by atoms with E-state index >= 15 is 0 Å². The quantitative estimate of drug-likeness (QED) is 0.654. The fourth-order valence-corrected chi connectivity index (χ4v) is 4.73. The van der Waals surface area contributed by atoms with E-state index in [2.05, 4.69) is 29.4 Å². The molecule has 30 heavy (non-hydrogen) atoms. The van der Waals surface area contributed by atoms with Gasteiger partial charge < -0.3 is 16.4 Å². The molecule has 2 amide bonds. The van der Waals surface area contributed by atoms with Crippen molar-refractivity contribution in [1.29, 1.82) is 0 Å². The van der Waals surface area contributed by atoms with Gasteiger partial charge in [0.25, 0.3) is 0 Å². The molecule has 3 unspecified atom stereocenters. The first-order chi connectivity index (χ1) is 13.9. The summed E-state index contributed by atoms with van der Waals surface area (Å²) in [5.74, 6) is -1.11. The Morgan fingerprint density at radius 1 is 1.33 bits per heavy atom. The SMILES string of the molecule is CC(N1CC2C(C(=O)NCC(=O)Nc3cccc(C(F)(F)F)c3)[C@@]2(N)C1)C1(C)CC1. The summed E-state index contributed by atoms with van der Waals surface area (Å²) in [6.45, 7) is 5.63. The first kappa shape index (κ1) is 21.1. The van der Waals surface area contributed by atoms with Gasteiger partial charge in [0.05, 0.1) is 18.0 Å². The van der Waals surface area contributed by atoms with Gasteiger partial charge in [-0.3, -0.25) is 14.5 Å². The molecule has 0 bridgehead atoms. The van der Waals surface area contributed by atoms with Crippen LogP contribution < -0.4 is 16.4 Å². The number of likely N-dealkylation sites (tertiary alicyclic amines) is 1. The van der Waals surface area contributed by atoms with Crippen molar-refractivity contribution < 1.29 is 22.8 Å². The number of amides is 2. The molecule has 0 aromatic heterocycles. The third kappa shape index (κ3) is 3.80. The number of carbonyl (C=O) groups is 2. The van der Waals surface area contributed by atoms with E-state index in [9.17, 15) is 22.8 Å². The van der Waals surface area contributed by atoms with Crippen LogP contribution in [0.1, 0.15) is 32.3 Å². The fraction of sp³-hybridized carbons (Fsp3) is 0.619. The average molecular weight is 424 g/mol. The monoisotopic (exact) mass is 424 g/mol. The highest BCUT2D eigenvalue weighted by Gasteiger charge is 2.70. The zero-order valence-corrected chi connectivity index (χ0v) is 17.1. The molecule has 1 aliphatic heterocycles. The van der Waals surface area contributed by atoms with E-state index in [1.54, 1.807) is 0 Å². The van der Waals surface area contributed by atoms with E-state index in [1.165, 1.54) is 25.0 Å². The van der Waals surface area contributed by atoms with Gasteiger partial charge in [0.1, 0.15) is 0 Å². The van der Waals surface area contributed by atoms with Crippen molar-refractivity contribution in [3.05, 3.63) is 29.8 Å². The van der Waals surface area contributed by atoms with Crippen molar-refractivity contribution in [2.45, 2.75) is 44.4 Å². The van der Waals surface area contributed by atoms with Crippen molar-refractivity contribution in [2.75, 3.05) is 25.0 Å². The molecule has 4 atom stereocenters. The molecule has 4 N–H and O–H groups in total. The summed E-state index contributed by atoms with van der Waals surface area (Å²) in [5, 5.41) is 4.96. The predicted molar refractivity (Wildman–Crippen MR) is 105 cm³/mol. The Balaban J connectivity index is 1.26. The van der Waals surface area contributed by atoms with Gasteiger partial charge in [0.15, 0.2) is 0 Å². The van der Waals surface area contributed by atoms with Crippen LogP contribution in [0.3, 0.4) is 0 Å². The highest BCUT2D eigenvalue weighted by molar-refractivity contribution is 5.95. The Morgan fingerprint density at radius 2 is 2.03 bits per heavy atom. The Morgan fingerprint density at radius 3 is 2.60 bits per heavy atom. The number of carbonyl (C=O) groups excluding carboxylic acids is 2. The molecule has 2 saturated carbocycles. The highest BCUT2D eigenvalue weighted by Crippen LogP contribution is 2.57. The molecule has 164 valence electrons. The number of hydrogen-bond donors (Lipinski definition) is 3. The smallest absolute Gasteiger partial charge is 0.347 e. The molecule has 9 heteroatoms. The van der Waals surface area contributed by atoms with Gasteiger partial charge in [0, 0.05) is 36.3 Å². The van der Waals surface area contributed by atoms with Crippen LogP contribution in [0.15, 0.2) is 24.3 Å². The first-order valence-corrected chi connectivity index (χ1v) is 10.2. The van der Waals surface area contributed by atoms with E-state index in [0.717, 1.165) is 18.7 Å². The van der Waals surface area contributed by atoms with E-state index in [-0.39, 0.29) is 30.0 Å². The Bertz CT molecular complexity index is 870. The number of benzene rings is 1. The van der Waals surface area contributed by atoms with Crippen LogP contribution in [0, 0.1) is 17.3 Å². The van der Waals surface area contributed by atoms with Gasteiger partial charge in [-0.25, -0.2) is 0 Å². The van der Waals surface area contributed by atoms with Crippen molar-refractivity contribution in [1.82, 2.24) is 10.2 Å². The van der Waals surface area contributed by atoms with Crippen molar-refractivity contribution >= 4 is 17.5 Å². The Kier molecular flexibility index (Phi) is 4.89. The van der Waals surface area contributed by atoms with Gasteiger partial charge >= 0.3 is 6.18 Å². The second kappa shape index (κ2) is 6.95. The maximum atomic E-state index is 12.8. The van der Waals surface area contributed by atoms with Gasteiger partial charge in [-0.1, -0.05) is 13.0 Å². The van der Waals surface area contributed by atoms with Crippen molar-refractivity contribution in [3.63, 3.8) is 0 Å². The number of piperidine rings is 1. The number of nitrogens with zero attached hydrogens (tertiary/aromatic N) is 1. The summed E-state index contributed by atoms with van der Waals surface area (Å²) in [6.07, 6.45) is -2.05. The fourth-order valence-electron chi connectivity index (χ4n) is 4.73. The topological polar surface area (TPSA) is 87.5 Å². The third-order valence-electron chi connectivity index (χ3n) is 7.25. The van der Waals surface area contributed by atoms with Crippen LogP contribution in [0.4, 0.5) is 18.9 Å². The lowest BCUT2D eigenvalue weighted by Gasteiger charge is -2.32. The van der Waals surface area contributed by atoms with E-state index < -0.39 is 23.2 Å². The molecule has 0 spiro atoms. The normalized spacial score (nSPS) is 30.3. The van der Waals surface area contributed by atoms with Crippen LogP contribution in [0.2, 0.25) is 0 Å². The van der Waals surface area contributed by atoms with Crippen molar-refractivity contribution in [2.24, 2.45) is 23.0 Å². The van der Waals surface area contributed by atoms with Crippen LogP contribution in [0.5, 0.6) is 0 Å². The number of halogens is 3. The molecule has 0 radical (unpaired) electrons. The minimum atomic E-state index is -4.49. The Hall–Kier alpha value is -2.13. The molecule has 1 aromatic carbocycles. The number of rotatable bonds is 6. The number of anilines is 1. The molecule has 6 nitrogen and oxygen atoms in total. The second-order valence-electron chi connectivity index (χ2n) is 9.30. The van der Waals surface area contributed by atoms with Crippen molar-refractivity contribution in [3.8, 4) is 0 Å². The predicted octanol–water partition coefficient (Wildman–Crippen LogP) is 2.21. The molecule has 4 rings (SSSR count). The summed E-state index contributed by atoms with van der Waals surface area (Å²) >= 11 is 0. The lowest BCUT2D eigenvalue weighted by molar-refractivity contribution is -0.137. The molecular formula is C21H27F3N4O2. The molecule has 3 fully saturated rings. The molecule has 3 aliphatic rings. The molecule has 1 aromatic rings. The molecule has 1 saturated heterocycles. The number of fused-ring (bicyclic) bond motifs is 1. The van der Waals surface area contributed by atoms with E-state index in [0.29, 0.717) is 18.0 Å². The Labute approximate surface area is 173 Å². The maximum absolute atomic E-state index is 12.8. The number of nitrogens with one attached hydrogen (secondary N) is 2. The minimum absolute atomic E-state index is 0.0286. The second-order valence-corrected chi connectivity index (χ2v) is 9.30. The van der Waals surface area contributed by atoms with Crippen LogP contribution in [0.25, 0.3) is 0 Å². The van der Waals surface area contributed by atoms with Gasteiger partial charge in [-0.15, -0.1) is 0 Å². The van der Waals surface area contributed by atoms with Gasteiger partial charge in [-0.2, -0.15) is 13.2 Å². The van der Waals surface area contributed by atoms with Crippen LogP contribution in [-0.2, 0) is 15.8 Å². The third-order valence-corrected chi connectivity index (χ3v) is 7.25. The molecule has 1 heterocycles. The average Bonchev–Trinajstić information content (AvgIpc) is 3.51. The van der Waals surface area contributed by atoms with E-state index in [1.807, 2.05) is 0 Å². The number of hydrogen-bond acceptors (Lipinski definition) is 4. The first-order valence-electron chi connectivity index (χ1n) is 10.2. The number of alkyl halides is 3. The summed E-state index contributed by atoms with van der Waals surface area (Å²) < 4.78 is 38.3. The van der Waals surface area contributed by atoms with Gasteiger partial charge in [-0.05, 0) is 43.4 Å².